The van der Waals surface area contributed by atoms with Crippen LogP contribution in [0.4, 0.5) is 0 Å². The molecule has 2 aromatic rings. The number of Topliss-reactive ketones (excluding diaryl/α,β-unsaturated/α-hetero) is 1. The average Bonchev–Trinajstić information content (AvgIpc) is 3.09. The first-order valence-electron chi connectivity index (χ1n) is 7.95. The number of carbonyl (C=O) groups excluding carboxylic acids is 1. The maximum absolute atomic E-state index is 12.7. The Morgan fingerprint density at radius 3 is 2.62 bits per heavy atom. The molecule has 1 aromatic carbocycles. The van der Waals surface area contributed by atoms with Crippen molar-refractivity contribution in [1.29, 1.82) is 0 Å². The molecule has 2 atom stereocenters. The van der Waals surface area contributed by atoms with E-state index in [2.05, 4.69) is 6.92 Å². The molecule has 0 radical (unpaired) electrons. The molecule has 0 amide bonds. The van der Waals surface area contributed by atoms with Crippen LogP contribution in [0.25, 0.3) is 0 Å². The van der Waals surface area contributed by atoms with Crippen molar-refractivity contribution in [2.45, 2.75) is 37.6 Å². The number of benzene rings is 1. The molecule has 1 aliphatic rings. The second-order valence-electron chi connectivity index (χ2n) is 6.47. The molecule has 0 N–H and O–H groups in total. The smallest absolute Gasteiger partial charge is 0.243 e. The predicted octanol–water partition coefficient (Wildman–Crippen LogP) is 3.43. The Balaban J connectivity index is 1.78. The molecule has 0 aliphatic heterocycles. The van der Waals surface area contributed by atoms with E-state index in [9.17, 15) is 13.2 Å². The van der Waals surface area contributed by atoms with Crippen molar-refractivity contribution in [2.24, 2.45) is 5.92 Å². The molecule has 24 heavy (non-hydrogen) atoms. The minimum Gasteiger partial charge on any atom is -0.464 e. The zero-order chi connectivity index (χ0) is 17.5. The lowest BCUT2D eigenvalue weighted by atomic mass is 10.2. The zero-order valence-electron chi connectivity index (χ0n) is 14.0. The Hall–Kier alpha value is -1.92. The second kappa shape index (κ2) is 6.18. The number of hydrogen-bond acceptors (Lipinski definition) is 4. The number of rotatable bonds is 6. The van der Waals surface area contributed by atoms with Gasteiger partial charge < -0.3 is 4.42 Å². The van der Waals surface area contributed by atoms with Crippen molar-refractivity contribution < 1.29 is 17.6 Å². The van der Waals surface area contributed by atoms with Gasteiger partial charge in [0.25, 0.3) is 0 Å². The molecule has 3 rings (SSSR count). The van der Waals surface area contributed by atoms with Gasteiger partial charge in [-0.3, -0.25) is 4.79 Å². The molecular weight excluding hydrogens is 326 g/mol. The summed E-state index contributed by atoms with van der Waals surface area (Å²) in [5.74, 6) is 2.50. The molecule has 6 heteroatoms. The number of nitrogens with zero attached hydrogens (tertiary/aromatic N) is 1. The number of sulfonamides is 1. The van der Waals surface area contributed by atoms with Gasteiger partial charge in [-0.1, -0.05) is 19.1 Å². The highest BCUT2D eigenvalue weighted by molar-refractivity contribution is 7.89. The van der Waals surface area contributed by atoms with E-state index in [4.69, 9.17) is 4.42 Å². The normalized spacial score (nSPS) is 20.3. The van der Waals surface area contributed by atoms with Crippen molar-refractivity contribution >= 4 is 15.8 Å². The van der Waals surface area contributed by atoms with Crippen molar-refractivity contribution in [3.63, 3.8) is 0 Å². The number of carbonyl (C=O) groups is 1. The zero-order valence-corrected chi connectivity index (χ0v) is 14.8. The van der Waals surface area contributed by atoms with Crippen LogP contribution in [0.3, 0.4) is 0 Å². The van der Waals surface area contributed by atoms with Crippen LogP contribution in [0, 0.1) is 5.92 Å². The second-order valence-corrected chi connectivity index (χ2v) is 8.51. The van der Waals surface area contributed by atoms with Gasteiger partial charge in [-0.25, -0.2) is 8.42 Å². The fraction of sp³-hybridized carbons (Fsp3) is 0.389. The predicted molar refractivity (Wildman–Crippen MR) is 90.3 cm³/mol. The van der Waals surface area contributed by atoms with Crippen LogP contribution in [0.2, 0.25) is 0 Å². The van der Waals surface area contributed by atoms with Gasteiger partial charge in [-0.05, 0) is 43.5 Å². The fourth-order valence-electron chi connectivity index (χ4n) is 2.76. The highest BCUT2D eigenvalue weighted by Crippen LogP contribution is 2.47. The van der Waals surface area contributed by atoms with Crippen LogP contribution in [-0.2, 0) is 16.6 Å². The lowest BCUT2D eigenvalue weighted by Crippen LogP contribution is -2.26. The fourth-order valence-corrected chi connectivity index (χ4v) is 3.94. The quantitative estimate of drug-likeness (QED) is 0.751. The van der Waals surface area contributed by atoms with Crippen LogP contribution in [0.1, 0.15) is 48.1 Å². The highest BCUT2D eigenvalue weighted by Gasteiger charge is 2.36. The summed E-state index contributed by atoms with van der Waals surface area (Å²) < 4.78 is 32.4. The summed E-state index contributed by atoms with van der Waals surface area (Å²) in [4.78, 5) is 11.6. The molecule has 0 bridgehead atoms. The van der Waals surface area contributed by atoms with Crippen molar-refractivity contribution in [1.82, 2.24) is 4.31 Å². The van der Waals surface area contributed by atoms with E-state index in [1.54, 1.807) is 12.1 Å². The summed E-state index contributed by atoms with van der Waals surface area (Å²) >= 11 is 0. The van der Waals surface area contributed by atoms with Crippen LogP contribution in [-0.4, -0.2) is 25.6 Å². The van der Waals surface area contributed by atoms with E-state index in [0.717, 1.165) is 12.2 Å². The average molecular weight is 347 g/mol. The number of ketones is 1. The molecular formula is C18H21NO4S. The van der Waals surface area contributed by atoms with E-state index >= 15 is 0 Å². The number of furan rings is 1. The van der Waals surface area contributed by atoms with Gasteiger partial charge in [0.1, 0.15) is 11.5 Å². The van der Waals surface area contributed by atoms with Crippen LogP contribution < -0.4 is 0 Å². The van der Waals surface area contributed by atoms with E-state index < -0.39 is 10.0 Å². The summed E-state index contributed by atoms with van der Waals surface area (Å²) in [5, 5.41) is 0. The molecule has 1 saturated carbocycles. The van der Waals surface area contributed by atoms with Gasteiger partial charge in [0, 0.05) is 18.5 Å². The SMILES string of the molecule is CC(=O)c1cccc(S(=O)(=O)N(C)Cc2ccc([C@H]3C[C@H]3C)o2)c1. The van der Waals surface area contributed by atoms with Gasteiger partial charge >= 0.3 is 0 Å². The Morgan fingerprint density at radius 1 is 1.29 bits per heavy atom. The maximum atomic E-state index is 12.7. The highest BCUT2D eigenvalue weighted by atomic mass is 32.2. The molecule has 0 spiro atoms. The summed E-state index contributed by atoms with van der Waals surface area (Å²) in [6.45, 7) is 3.75. The van der Waals surface area contributed by atoms with Crippen LogP contribution >= 0.6 is 0 Å². The van der Waals surface area contributed by atoms with Gasteiger partial charge in [-0.15, -0.1) is 0 Å². The Labute approximate surface area is 142 Å². The third-order valence-corrected chi connectivity index (χ3v) is 6.28. The Kier molecular flexibility index (Phi) is 4.36. The van der Waals surface area contributed by atoms with E-state index in [0.29, 0.717) is 23.2 Å². The first-order valence-corrected chi connectivity index (χ1v) is 9.39. The minimum atomic E-state index is -3.68. The van der Waals surface area contributed by atoms with Crippen molar-refractivity contribution in [3.05, 3.63) is 53.5 Å². The summed E-state index contributed by atoms with van der Waals surface area (Å²) in [5.41, 5.74) is 0.382. The third-order valence-electron chi connectivity index (χ3n) is 4.48. The van der Waals surface area contributed by atoms with E-state index in [1.165, 1.54) is 30.4 Å². The van der Waals surface area contributed by atoms with E-state index in [-0.39, 0.29) is 17.2 Å². The first kappa shape index (κ1) is 16.9. The molecule has 0 unspecified atom stereocenters. The molecule has 0 saturated heterocycles. The van der Waals surface area contributed by atoms with Gasteiger partial charge in [0.05, 0.1) is 11.4 Å². The summed E-state index contributed by atoms with van der Waals surface area (Å²) in [6, 6.07) is 9.86. The molecule has 1 aromatic heterocycles. The molecule has 1 heterocycles. The van der Waals surface area contributed by atoms with Gasteiger partial charge in [0.2, 0.25) is 10.0 Å². The summed E-state index contributed by atoms with van der Waals surface area (Å²) in [6.07, 6.45) is 1.12. The largest absolute Gasteiger partial charge is 0.464 e. The van der Waals surface area contributed by atoms with Gasteiger partial charge in [-0.2, -0.15) is 4.31 Å². The summed E-state index contributed by atoms with van der Waals surface area (Å²) in [7, 11) is -2.17. The number of hydrogen-bond donors (Lipinski definition) is 0. The first-order chi connectivity index (χ1) is 11.3. The topological polar surface area (TPSA) is 67.6 Å². The maximum Gasteiger partial charge on any atom is 0.243 e. The molecule has 1 aliphatic carbocycles. The van der Waals surface area contributed by atoms with E-state index in [1.807, 2.05) is 12.1 Å². The van der Waals surface area contributed by atoms with Crippen molar-refractivity contribution in [2.75, 3.05) is 7.05 Å². The third kappa shape index (κ3) is 3.30. The van der Waals surface area contributed by atoms with Crippen LogP contribution in [0.15, 0.2) is 45.7 Å². The minimum absolute atomic E-state index is 0.111. The van der Waals surface area contributed by atoms with Gasteiger partial charge in [0.15, 0.2) is 5.78 Å². The Bertz CT molecular complexity index is 869. The molecule has 5 nitrogen and oxygen atoms in total. The molecule has 128 valence electrons. The molecule has 1 fully saturated rings. The standard InChI is InChI=1S/C18H21NO4S/c1-12-9-17(12)18-8-7-15(23-18)11-19(3)24(21,22)16-6-4-5-14(10-16)13(2)20/h4-8,10,12,17H,9,11H2,1-3H3/t12-,17+/m1/s1. The lowest BCUT2D eigenvalue weighted by Gasteiger charge is -2.16. The Morgan fingerprint density at radius 2 is 2.00 bits per heavy atom. The lowest BCUT2D eigenvalue weighted by molar-refractivity contribution is 0.101. The van der Waals surface area contributed by atoms with Crippen LogP contribution in [0.5, 0.6) is 0 Å². The monoisotopic (exact) mass is 347 g/mol. The van der Waals surface area contributed by atoms with Crippen molar-refractivity contribution in [3.8, 4) is 0 Å².